The van der Waals surface area contributed by atoms with Crippen LogP contribution >= 0.6 is 0 Å². The average molecular weight is 167 g/mol. The third-order valence-electron chi connectivity index (χ3n) is 3.77. The number of nitrogens with two attached hydrogens (primary N) is 1. The van der Waals surface area contributed by atoms with Crippen LogP contribution < -0.4 is 5.73 Å². The fourth-order valence-corrected chi connectivity index (χ4v) is 3.03. The number of amides is 1. The normalized spacial score (nSPS) is 32.8. The first-order chi connectivity index (χ1) is 5.72. The van der Waals surface area contributed by atoms with Crippen LogP contribution in [0.25, 0.3) is 0 Å². The average Bonchev–Trinajstić information content (AvgIpc) is 2.62. The molecule has 0 aliphatic heterocycles. The van der Waals surface area contributed by atoms with Crippen LogP contribution in [0.3, 0.4) is 0 Å². The highest BCUT2D eigenvalue weighted by Gasteiger charge is 2.42. The van der Waals surface area contributed by atoms with E-state index in [-0.39, 0.29) is 11.8 Å². The van der Waals surface area contributed by atoms with Gasteiger partial charge in [-0.1, -0.05) is 12.8 Å². The van der Waals surface area contributed by atoms with Gasteiger partial charge in [-0.15, -0.1) is 0 Å². The van der Waals surface area contributed by atoms with Gasteiger partial charge < -0.3 is 5.73 Å². The van der Waals surface area contributed by atoms with Crippen LogP contribution in [0.1, 0.15) is 44.9 Å². The van der Waals surface area contributed by atoms with E-state index in [1.54, 1.807) is 0 Å². The lowest BCUT2D eigenvalue weighted by Gasteiger charge is -2.21. The van der Waals surface area contributed by atoms with E-state index < -0.39 is 0 Å². The molecule has 0 saturated heterocycles. The van der Waals surface area contributed by atoms with Crippen molar-refractivity contribution in [1.82, 2.24) is 0 Å². The van der Waals surface area contributed by atoms with Crippen molar-refractivity contribution in [2.75, 3.05) is 0 Å². The number of primary amides is 1. The van der Waals surface area contributed by atoms with Crippen LogP contribution in [0, 0.1) is 11.3 Å². The molecule has 2 aliphatic carbocycles. The van der Waals surface area contributed by atoms with Crippen molar-refractivity contribution in [2.24, 2.45) is 17.1 Å². The van der Waals surface area contributed by atoms with Gasteiger partial charge in [0, 0.05) is 5.92 Å². The van der Waals surface area contributed by atoms with Crippen molar-refractivity contribution < 1.29 is 4.79 Å². The van der Waals surface area contributed by atoms with Crippen LogP contribution in [-0.2, 0) is 4.79 Å². The molecule has 2 N–H and O–H groups in total. The van der Waals surface area contributed by atoms with Crippen molar-refractivity contribution in [2.45, 2.75) is 44.9 Å². The summed E-state index contributed by atoms with van der Waals surface area (Å²) in [5.41, 5.74) is 5.85. The fourth-order valence-electron chi connectivity index (χ4n) is 3.03. The number of carbonyl (C=O) groups excluding carboxylic acids is 1. The topological polar surface area (TPSA) is 43.1 Å². The minimum absolute atomic E-state index is 0.0706. The smallest absolute Gasteiger partial charge is 0.220 e. The molecule has 2 saturated carbocycles. The molecule has 0 aromatic rings. The molecule has 0 heterocycles. The zero-order valence-electron chi connectivity index (χ0n) is 7.51. The summed E-state index contributed by atoms with van der Waals surface area (Å²) in [6, 6.07) is 0. The van der Waals surface area contributed by atoms with Crippen molar-refractivity contribution >= 4 is 5.91 Å². The van der Waals surface area contributed by atoms with E-state index in [0.717, 1.165) is 12.8 Å². The summed E-state index contributed by atoms with van der Waals surface area (Å²) in [4.78, 5) is 11.0. The maximum atomic E-state index is 11.0. The first kappa shape index (κ1) is 8.09. The third kappa shape index (κ3) is 1.23. The maximum Gasteiger partial charge on any atom is 0.220 e. The van der Waals surface area contributed by atoms with Gasteiger partial charge in [0.25, 0.3) is 0 Å². The first-order valence-corrected chi connectivity index (χ1v) is 5.01. The summed E-state index contributed by atoms with van der Waals surface area (Å²) < 4.78 is 0. The second-order valence-corrected chi connectivity index (χ2v) is 4.55. The summed E-state index contributed by atoms with van der Waals surface area (Å²) >= 11 is 0. The quantitative estimate of drug-likeness (QED) is 0.636. The zero-order chi connectivity index (χ0) is 8.60. The van der Waals surface area contributed by atoms with E-state index in [1.165, 1.54) is 32.1 Å². The lowest BCUT2D eigenvalue weighted by atomic mass is 9.84. The molecule has 0 bridgehead atoms. The van der Waals surface area contributed by atoms with Gasteiger partial charge in [-0.2, -0.15) is 0 Å². The molecule has 1 atom stereocenters. The van der Waals surface area contributed by atoms with Crippen LogP contribution in [-0.4, -0.2) is 5.91 Å². The monoisotopic (exact) mass is 167 g/mol. The molecule has 0 aromatic heterocycles. The van der Waals surface area contributed by atoms with E-state index in [2.05, 4.69) is 0 Å². The Balaban J connectivity index is 2.01. The van der Waals surface area contributed by atoms with E-state index in [0.29, 0.717) is 5.41 Å². The number of hydrogen-bond acceptors (Lipinski definition) is 1. The van der Waals surface area contributed by atoms with E-state index in [1.807, 2.05) is 0 Å². The zero-order valence-corrected chi connectivity index (χ0v) is 7.51. The lowest BCUT2D eigenvalue weighted by molar-refractivity contribution is -0.121. The minimum Gasteiger partial charge on any atom is -0.369 e. The van der Waals surface area contributed by atoms with Gasteiger partial charge in [0.15, 0.2) is 0 Å². The largest absolute Gasteiger partial charge is 0.369 e. The third-order valence-corrected chi connectivity index (χ3v) is 3.77. The Labute approximate surface area is 73.5 Å². The molecule has 2 fully saturated rings. The SMILES string of the molecule is NC(=O)[C@@H]1CCC2(CCCC2)C1. The summed E-state index contributed by atoms with van der Waals surface area (Å²) in [5, 5.41) is 0. The Kier molecular flexibility index (Phi) is 1.85. The molecular formula is C10H17NO. The highest BCUT2D eigenvalue weighted by molar-refractivity contribution is 5.77. The van der Waals surface area contributed by atoms with Crippen LogP contribution in [0.5, 0.6) is 0 Å². The number of carbonyl (C=O) groups is 1. The van der Waals surface area contributed by atoms with Gasteiger partial charge in [0.05, 0.1) is 0 Å². The van der Waals surface area contributed by atoms with Crippen LogP contribution in [0.2, 0.25) is 0 Å². The second kappa shape index (κ2) is 2.75. The minimum atomic E-state index is -0.0706. The van der Waals surface area contributed by atoms with Gasteiger partial charge >= 0.3 is 0 Å². The van der Waals surface area contributed by atoms with Crippen LogP contribution in [0.4, 0.5) is 0 Å². The fraction of sp³-hybridized carbons (Fsp3) is 0.900. The van der Waals surface area contributed by atoms with Crippen molar-refractivity contribution in [3.63, 3.8) is 0 Å². The van der Waals surface area contributed by atoms with Crippen LogP contribution in [0.15, 0.2) is 0 Å². The Morgan fingerprint density at radius 2 is 1.92 bits per heavy atom. The molecule has 0 unspecified atom stereocenters. The Bertz CT molecular complexity index is 194. The molecule has 2 aliphatic rings. The van der Waals surface area contributed by atoms with Gasteiger partial charge in [0.2, 0.25) is 5.91 Å². The van der Waals surface area contributed by atoms with Gasteiger partial charge in [-0.05, 0) is 37.5 Å². The molecular weight excluding hydrogens is 150 g/mol. The van der Waals surface area contributed by atoms with E-state index in [9.17, 15) is 4.79 Å². The Morgan fingerprint density at radius 1 is 1.25 bits per heavy atom. The molecule has 0 radical (unpaired) electrons. The molecule has 68 valence electrons. The predicted molar refractivity (Wildman–Crippen MR) is 47.4 cm³/mol. The van der Waals surface area contributed by atoms with E-state index >= 15 is 0 Å². The summed E-state index contributed by atoms with van der Waals surface area (Å²) in [6.45, 7) is 0. The van der Waals surface area contributed by atoms with Crippen molar-refractivity contribution in [3.05, 3.63) is 0 Å². The molecule has 2 rings (SSSR count). The summed E-state index contributed by atoms with van der Waals surface area (Å²) in [6.07, 6.45) is 8.81. The Morgan fingerprint density at radius 3 is 2.42 bits per heavy atom. The molecule has 0 aromatic carbocycles. The number of hydrogen-bond donors (Lipinski definition) is 1. The summed E-state index contributed by atoms with van der Waals surface area (Å²) in [7, 11) is 0. The highest BCUT2D eigenvalue weighted by atomic mass is 16.1. The lowest BCUT2D eigenvalue weighted by Crippen LogP contribution is -2.22. The van der Waals surface area contributed by atoms with Crippen molar-refractivity contribution in [1.29, 1.82) is 0 Å². The molecule has 2 heteroatoms. The predicted octanol–water partition coefficient (Wildman–Crippen LogP) is 1.83. The standard InChI is InChI=1S/C10H17NO/c11-9(12)8-3-6-10(7-8)4-1-2-5-10/h8H,1-7H2,(H2,11,12)/t8-/m1/s1. The first-order valence-electron chi connectivity index (χ1n) is 5.01. The van der Waals surface area contributed by atoms with Gasteiger partial charge in [-0.25, -0.2) is 0 Å². The maximum absolute atomic E-state index is 11.0. The molecule has 2 nitrogen and oxygen atoms in total. The van der Waals surface area contributed by atoms with Gasteiger partial charge in [0.1, 0.15) is 0 Å². The highest BCUT2D eigenvalue weighted by Crippen LogP contribution is 2.52. The molecule has 12 heavy (non-hydrogen) atoms. The molecule has 1 spiro atoms. The van der Waals surface area contributed by atoms with E-state index in [4.69, 9.17) is 5.73 Å². The number of rotatable bonds is 1. The second-order valence-electron chi connectivity index (χ2n) is 4.55. The van der Waals surface area contributed by atoms with Gasteiger partial charge in [-0.3, -0.25) is 4.79 Å². The summed E-state index contributed by atoms with van der Waals surface area (Å²) in [5.74, 6) is 0.127. The van der Waals surface area contributed by atoms with Crippen molar-refractivity contribution in [3.8, 4) is 0 Å². The Hall–Kier alpha value is -0.530. The molecule has 1 amide bonds.